The topological polar surface area (TPSA) is 26.3 Å². The van der Waals surface area contributed by atoms with E-state index >= 15 is 0 Å². The number of furan rings is 2. The maximum Gasteiger partial charge on any atom is 0.139 e. The lowest BCUT2D eigenvalue weighted by molar-refractivity contribution is 0.629. The van der Waals surface area contributed by atoms with E-state index in [4.69, 9.17) is 8.83 Å². The Labute approximate surface area is 250 Å². The van der Waals surface area contributed by atoms with Crippen LogP contribution in [0, 0.1) is 0 Å². The summed E-state index contributed by atoms with van der Waals surface area (Å²) in [5.74, 6) is 0.867. The Bertz CT molecular complexity index is 2680. The van der Waals surface area contributed by atoms with E-state index in [2.05, 4.69) is 115 Å². The van der Waals surface area contributed by atoms with Crippen LogP contribution in [0.3, 0.4) is 0 Å². The summed E-state index contributed by atoms with van der Waals surface area (Å²) in [5.41, 5.74) is 6.18. The highest BCUT2D eigenvalue weighted by atomic mass is 32.1. The molecule has 43 heavy (non-hydrogen) atoms. The first-order valence-electron chi connectivity index (χ1n) is 14.5. The lowest BCUT2D eigenvalue weighted by Crippen LogP contribution is -1.89. The molecule has 0 atom stereocenters. The summed E-state index contributed by atoms with van der Waals surface area (Å²) in [6.45, 7) is 0. The molecule has 0 amide bonds. The van der Waals surface area contributed by atoms with Crippen LogP contribution in [0.25, 0.3) is 97.1 Å². The van der Waals surface area contributed by atoms with Crippen molar-refractivity contribution >= 4 is 86.0 Å². The van der Waals surface area contributed by atoms with Crippen molar-refractivity contribution in [2.75, 3.05) is 0 Å². The fourth-order valence-corrected chi connectivity index (χ4v) is 8.11. The van der Waals surface area contributed by atoms with Gasteiger partial charge in [-0.2, -0.15) is 0 Å². The van der Waals surface area contributed by atoms with Crippen LogP contribution in [0.4, 0.5) is 0 Å². The first-order valence-corrected chi connectivity index (χ1v) is 15.3. The van der Waals surface area contributed by atoms with E-state index < -0.39 is 0 Å². The molecule has 3 heterocycles. The summed E-state index contributed by atoms with van der Waals surface area (Å²) in [6, 6.07) is 47.7. The lowest BCUT2D eigenvalue weighted by Gasteiger charge is -2.16. The smallest absolute Gasteiger partial charge is 0.139 e. The van der Waals surface area contributed by atoms with Crippen LogP contribution in [-0.2, 0) is 0 Å². The van der Waals surface area contributed by atoms with Crippen molar-refractivity contribution in [1.82, 2.24) is 0 Å². The number of fused-ring (bicyclic) bond motifs is 9. The van der Waals surface area contributed by atoms with Crippen LogP contribution in [0.5, 0.6) is 0 Å². The molecule has 0 fully saturated rings. The molecule has 0 spiro atoms. The highest BCUT2D eigenvalue weighted by Crippen LogP contribution is 2.46. The molecule has 10 rings (SSSR count). The van der Waals surface area contributed by atoms with Gasteiger partial charge in [-0.15, -0.1) is 11.3 Å². The van der Waals surface area contributed by atoms with Gasteiger partial charge in [0.2, 0.25) is 0 Å². The highest BCUT2D eigenvalue weighted by Gasteiger charge is 2.20. The molecule has 10 aromatic rings. The lowest BCUT2D eigenvalue weighted by atomic mass is 9.87. The van der Waals surface area contributed by atoms with Gasteiger partial charge in [-0.1, -0.05) is 97.1 Å². The van der Waals surface area contributed by atoms with Crippen LogP contribution < -0.4 is 0 Å². The summed E-state index contributed by atoms with van der Waals surface area (Å²) < 4.78 is 15.5. The Kier molecular flexibility index (Phi) is 4.63. The van der Waals surface area contributed by atoms with Gasteiger partial charge >= 0.3 is 0 Å². The van der Waals surface area contributed by atoms with Gasteiger partial charge in [0.15, 0.2) is 0 Å². The molecule has 2 nitrogen and oxygen atoms in total. The molecule has 3 aromatic heterocycles. The van der Waals surface area contributed by atoms with Gasteiger partial charge in [-0.3, -0.25) is 0 Å². The van der Waals surface area contributed by atoms with Crippen LogP contribution >= 0.6 is 11.3 Å². The summed E-state index contributed by atoms with van der Waals surface area (Å²) in [4.78, 5) is 0. The first-order chi connectivity index (χ1) is 21.3. The maximum atomic E-state index is 6.65. The van der Waals surface area contributed by atoms with Crippen LogP contribution in [0.15, 0.2) is 142 Å². The number of hydrogen-bond acceptors (Lipinski definition) is 3. The average molecular weight is 567 g/mol. The minimum atomic E-state index is 0.828. The van der Waals surface area contributed by atoms with Crippen LogP contribution in [0.2, 0.25) is 0 Å². The molecule has 0 aliphatic carbocycles. The van der Waals surface area contributed by atoms with Crippen molar-refractivity contribution in [3.05, 3.63) is 133 Å². The van der Waals surface area contributed by atoms with E-state index in [1.54, 1.807) is 0 Å². The van der Waals surface area contributed by atoms with Crippen molar-refractivity contribution in [1.29, 1.82) is 0 Å². The van der Waals surface area contributed by atoms with Gasteiger partial charge in [0.05, 0.1) is 0 Å². The van der Waals surface area contributed by atoms with Crippen molar-refractivity contribution < 1.29 is 8.83 Å². The Hall–Kier alpha value is -5.38. The summed E-state index contributed by atoms with van der Waals surface area (Å²) in [6.07, 6.45) is 0. The zero-order valence-corrected chi connectivity index (χ0v) is 23.7. The molecule has 0 saturated heterocycles. The monoisotopic (exact) mass is 566 g/mol. The van der Waals surface area contributed by atoms with E-state index in [9.17, 15) is 0 Å². The second-order valence-electron chi connectivity index (χ2n) is 11.2. The van der Waals surface area contributed by atoms with E-state index in [-0.39, 0.29) is 0 Å². The van der Waals surface area contributed by atoms with Crippen molar-refractivity contribution in [2.45, 2.75) is 0 Å². The fraction of sp³-hybridized carbons (Fsp3) is 0. The largest absolute Gasteiger partial charge is 0.456 e. The molecule has 0 unspecified atom stereocenters. The van der Waals surface area contributed by atoms with E-state index in [1.165, 1.54) is 52.8 Å². The quantitative estimate of drug-likeness (QED) is 0.195. The molecule has 0 saturated carbocycles. The van der Waals surface area contributed by atoms with E-state index in [0.717, 1.165) is 44.2 Å². The number of hydrogen-bond donors (Lipinski definition) is 0. The Morgan fingerprint density at radius 3 is 1.77 bits per heavy atom. The zero-order valence-electron chi connectivity index (χ0n) is 22.9. The molecular weight excluding hydrogens is 545 g/mol. The van der Waals surface area contributed by atoms with Crippen molar-refractivity contribution in [3.8, 4) is 22.5 Å². The van der Waals surface area contributed by atoms with Gasteiger partial charge in [-0.25, -0.2) is 0 Å². The highest BCUT2D eigenvalue weighted by molar-refractivity contribution is 7.25. The molecule has 3 heteroatoms. The third-order valence-corrected chi connectivity index (χ3v) is 9.99. The Balaban J connectivity index is 1.25. The average Bonchev–Trinajstić information content (AvgIpc) is 3.74. The van der Waals surface area contributed by atoms with Gasteiger partial charge in [0.1, 0.15) is 22.5 Å². The summed E-state index contributed by atoms with van der Waals surface area (Å²) in [7, 11) is 0. The third-order valence-electron chi connectivity index (χ3n) is 8.86. The molecule has 0 radical (unpaired) electrons. The van der Waals surface area contributed by atoms with Gasteiger partial charge in [0.25, 0.3) is 0 Å². The molecule has 7 aromatic carbocycles. The van der Waals surface area contributed by atoms with E-state index in [0.29, 0.717) is 0 Å². The predicted octanol–water partition coefficient (Wildman–Crippen LogP) is 12.3. The minimum absolute atomic E-state index is 0.828. The number of thiophene rings is 1. The Morgan fingerprint density at radius 1 is 0.372 bits per heavy atom. The molecular formula is C40H22O2S. The molecule has 0 aliphatic heterocycles. The third kappa shape index (κ3) is 3.28. The maximum absolute atomic E-state index is 6.65. The minimum Gasteiger partial charge on any atom is -0.456 e. The molecule has 0 bridgehead atoms. The van der Waals surface area contributed by atoms with Gasteiger partial charge < -0.3 is 8.83 Å². The van der Waals surface area contributed by atoms with Crippen LogP contribution in [0.1, 0.15) is 0 Å². The second kappa shape index (κ2) is 8.57. The fourth-order valence-electron chi connectivity index (χ4n) is 6.97. The van der Waals surface area contributed by atoms with Gasteiger partial charge in [0, 0.05) is 48.0 Å². The normalized spacial score (nSPS) is 12.2. The van der Waals surface area contributed by atoms with Crippen LogP contribution in [-0.4, -0.2) is 0 Å². The molecule has 200 valence electrons. The number of rotatable bonds is 2. The van der Waals surface area contributed by atoms with E-state index in [1.807, 2.05) is 29.5 Å². The number of benzene rings is 7. The SMILES string of the molecule is c1ccc2c(c1)oc1cc3oc(-c4c5ccccc5c(-c5ccc6c(c5)sc5ccccc56)c5ccccc45)cc3cc12. The first kappa shape index (κ1) is 23.2. The zero-order chi connectivity index (χ0) is 28.1. The summed E-state index contributed by atoms with van der Waals surface area (Å²) in [5, 5.41) is 10.7. The Morgan fingerprint density at radius 2 is 1.00 bits per heavy atom. The van der Waals surface area contributed by atoms with Gasteiger partial charge in [-0.05, 0) is 63.0 Å². The second-order valence-corrected chi connectivity index (χ2v) is 12.3. The summed E-state index contributed by atoms with van der Waals surface area (Å²) >= 11 is 1.86. The number of para-hydroxylation sites is 1. The predicted molar refractivity (Wildman–Crippen MR) is 182 cm³/mol. The van der Waals surface area contributed by atoms with Crippen molar-refractivity contribution in [3.63, 3.8) is 0 Å². The van der Waals surface area contributed by atoms with Crippen molar-refractivity contribution in [2.24, 2.45) is 0 Å². The standard InChI is InChI=1S/C40H22O2S/c1-3-13-30-28(11-1)39(23-17-18-27-26-10-6-8-16-37(26)43-38(27)21-23)29-12-2-4-14-31(29)40(30)36-20-24-19-32-25-9-5-7-15-33(25)41-35(32)22-34(24)42-36/h1-22H. The molecule has 0 aliphatic rings. The molecule has 0 N–H and O–H groups in total.